The minimum Gasteiger partial charge on any atom is -0.310 e. The maximum atomic E-state index is 13.1. The van der Waals surface area contributed by atoms with Crippen LogP contribution >= 0.6 is 25.3 Å². The highest BCUT2D eigenvalue weighted by atomic mass is 32.1. The number of carbonyl (C=O) groups excluding carboxylic acids is 1. The summed E-state index contributed by atoms with van der Waals surface area (Å²) in [6.45, 7) is 2.90. The SMILES string of the molecule is CC(NCCc1ccccc1)c1c(S)cccc1C(=O)c1cccc(S)c1. The van der Waals surface area contributed by atoms with E-state index in [2.05, 4.69) is 49.6 Å². The quantitative estimate of drug-likeness (QED) is 0.371. The van der Waals surface area contributed by atoms with Gasteiger partial charge in [0.25, 0.3) is 0 Å². The molecule has 0 saturated heterocycles. The first kappa shape index (κ1) is 19.7. The second-order valence-corrected chi connectivity index (χ2v) is 7.53. The molecule has 3 rings (SSSR count). The van der Waals surface area contributed by atoms with Crippen LogP contribution in [0.1, 0.15) is 40.0 Å². The summed E-state index contributed by atoms with van der Waals surface area (Å²) in [5.41, 5.74) is 3.54. The number of benzene rings is 3. The Morgan fingerprint density at radius 3 is 2.44 bits per heavy atom. The van der Waals surface area contributed by atoms with Crippen LogP contribution in [0.4, 0.5) is 0 Å². The summed E-state index contributed by atoms with van der Waals surface area (Å²) in [4.78, 5) is 14.7. The van der Waals surface area contributed by atoms with Gasteiger partial charge in [0.05, 0.1) is 0 Å². The summed E-state index contributed by atoms with van der Waals surface area (Å²) in [6, 6.07) is 23.4. The van der Waals surface area contributed by atoms with Gasteiger partial charge in [0, 0.05) is 27.0 Å². The third-order valence-electron chi connectivity index (χ3n) is 4.58. The largest absolute Gasteiger partial charge is 0.310 e. The molecule has 0 aliphatic carbocycles. The molecule has 0 bridgehead atoms. The highest BCUT2D eigenvalue weighted by molar-refractivity contribution is 7.80. The molecule has 3 aromatic carbocycles. The van der Waals surface area contributed by atoms with Crippen LogP contribution in [-0.2, 0) is 6.42 Å². The molecule has 1 unspecified atom stereocenters. The third-order valence-corrected chi connectivity index (χ3v) is 5.24. The van der Waals surface area contributed by atoms with Crippen molar-refractivity contribution in [2.45, 2.75) is 29.2 Å². The van der Waals surface area contributed by atoms with Crippen molar-refractivity contribution in [1.29, 1.82) is 0 Å². The van der Waals surface area contributed by atoms with Crippen molar-refractivity contribution in [2.75, 3.05) is 6.54 Å². The van der Waals surface area contributed by atoms with E-state index in [0.717, 1.165) is 28.3 Å². The number of rotatable bonds is 7. The number of hydrogen-bond acceptors (Lipinski definition) is 4. The summed E-state index contributed by atoms with van der Waals surface area (Å²) in [6.07, 6.45) is 0.935. The second kappa shape index (κ2) is 9.27. The Balaban J connectivity index is 1.79. The molecular formula is C23H23NOS2. The van der Waals surface area contributed by atoms with Crippen molar-refractivity contribution in [3.63, 3.8) is 0 Å². The Morgan fingerprint density at radius 2 is 1.70 bits per heavy atom. The van der Waals surface area contributed by atoms with Crippen LogP contribution in [0.2, 0.25) is 0 Å². The van der Waals surface area contributed by atoms with Crippen molar-refractivity contribution < 1.29 is 4.79 Å². The molecule has 1 N–H and O–H groups in total. The molecule has 0 amide bonds. The van der Waals surface area contributed by atoms with Crippen molar-refractivity contribution in [2.24, 2.45) is 0 Å². The van der Waals surface area contributed by atoms with E-state index in [1.165, 1.54) is 5.56 Å². The number of carbonyl (C=O) groups is 1. The minimum absolute atomic E-state index is 0.00601. The predicted octanol–water partition coefficient (Wildman–Crippen LogP) is 5.39. The molecule has 0 aliphatic heterocycles. The summed E-state index contributed by atoms with van der Waals surface area (Å²) >= 11 is 8.97. The molecule has 1 atom stereocenters. The molecule has 3 aromatic rings. The Kier molecular flexibility index (Phi) is 6.78. The van der Waals surface area contributed by atoms with Gasteiger partial charge in [-0.05, 0) is 49.2 Å². The number of nitrogens with one attached hydrogen (secondary N) is 1. The maximum absolute atomic E-state index is 13.1. The lowest BCUT2D eigenvalue weighted by Crippen LogP contribution is -2.24. The first-order valence-electron chi connectivity index (χ1n) is 8.99. The average molecular weight is 394 g/mol. The van der Waals surface area contributed by atoms with E-state index in [0.29, 0.717) is 11.1 Å². The summed E-state index contributed by atoms with van der Waals surface area (Å²) < 4.78 is 0. The molecule has 0 fully saturated rings. The van der Waals surface area contributed by atoms with Crippen LogP contribution < -0.4 is 5.32 Å². The minimum atomic E-state index is -0.00601. The van der Waals surface area contributed by atoms with Crippen LogP contribution in [0.5, 0.6) is 0 Å². The molecule has 138 valence electrons. The van der Waals surface area contributed by atoms with E-state index in [1.807, 2.05) is 54.6 Å². The first-order chi connectivity index (χ1) is 13.1. The molecule has 0 heterocycles. The smallest absolute Gasteiger partial charge is 0.193 e. The first-order valence-corrected chi connectivity index (χ1v) is 9.88. The van der Waals surface area contributed by atoms with Gasteiger partial charge in [-0.15, -0.1) is 25.3 Å². The van der Waals surface area contributed by atoms with Gasteiger partial charge >= 0.3 is 0 Å². The lowest BCUT2D eigenvalue weighted by atomic mass is 9.94. The van der Waals surface area contributed by atoms with E-state index < -0.39 is 0 Å². The predicted molar refractivity (Wildman–Crippen MR) is 117 cm³/mol. The zero-order valence-electron chi connectivity index (χ0n) is 15.2. The summed E-state index contributed by atoms with van der Waals surface area (Å²) in [5, 5.41) is 3.53. The Morgan fingerprint density at radius 1 is 0.963 bits per heavy atom. The van der Waals surface area contributed by atoms with Gasteiger partial charge in [0.15, 0.2) is 5.78 Å². The van der Waals surface area contributed by atoms with Gasteiger partial charge in [0.2, 0.25) is 0 Å². The summed E-state index contributed by atoms with van der Waals surface area (Å²) in [5.74, 6) is -0.00601. The zero-order chi connectivity index (χ0) is 19.2. The molecule has 2 nitrogen and oxygen atoms in total. The van der Waals surface area contributed by atoms with Crippen molar-refractivity contribution in [1.82, 2.24) is 5.32 Å². The van der Waals surface area contributed by atoms with Crippen molar-refractivity contribution in [3.8, 4) is 0 Å². The Labute approximate surface area is 171 Å². The van der Waals surface area contributed by atoms with Crippen LogP contribution in [0.25, 0.3) is 0 Å². The molecular weight excluding hydrogens is 370 g/mol. The highest BCUT2D eigenvalue weighted by Crippen LogP contribution is 2.28. The lowest BCUT2D eigenvalue weighted by molar-refractivity contribution is 0.103. The third kappa shape index (κ3) is 5.04. The van der Waals surface area contributed by atoms with Crippen LogP contribution in [0.3, 0.4) is 0 Å². The van der Waals surface area contributed by atoms with Gasteiger partial charge in [0.1, 0.15) is 0 Å². The molecule has 4 heteroatoms. The number of thiol groups is 2. The maximum Gasteiger partial charge on any atom is 0.193 e. The van der Waals surface area contributed by atoms with Crippen molar-refractivity contribution in [3.05, 3.63) is 95.1 Å². The van der Waals surface area contributed by atoms with E-state index in [4.69, 9.17) is 0 Å². The van der Waals surface area contributed by atoms with Crippen LogP contribution in [-0.4, -0.2) is 12.3 Å². The number of ketones is 1. The monoisotopic (exact) mass is 393 g/mol. The van der Waals surface area contributed by atoms with E-state index >= 15 is 0 Å². The highest BCUT2D eigenvalue weighted by Gasteiger charge is 2.19. The fraction of sp³-hybridized carbons (Fsp3) is 0.174. The standard InChI is InChI=1S/C23H23NOS2/c1-16(24-14-13-17-7-3-2-4-8-17)22-20(11-6-12-21(22)27)23(25)18-9-5-10-19(26)15-18/h2-12,15-16,24,26-27H,13-14H2,1H3. The normalized spacial score (nSPS) is 12.0. The average Bonchev–Trinajstić information content (AvgIpc) is 2.68. The molecule has 0 saturated carbocycles. The van der Waals surface area contributed by atoms with Crippen LogP contribution in [0.15, 0.2) is 82.6 Å². The van der Waals surface area contributed by atoms with Crippen molar-refractivity contribution >= 4 is 31.0 Å². The Bertz CT molecular complexity index is 925. The van der Waals surface area contributed by atoms with E-state index in [9.17, 15) is 4.79 Å². The number of hydrogen-bond donors (Lipinski definition) is 3. The zero-order valence-corrected chi connectivity index (χ0v) is 17.0. The fourth-order valence-corrected chi connectivity index (χ4v) is 3.81. The lowest BCUT2D eigenvalue weighted by Gasteiger charge is -2.20. The Hall–Kier alpha value is -2.01. The van der Waals surface area contributed by atoms with Gasteiger partial charge < -0.3 is 5.32 Å². The van der Waals surface area contributed by atoms with Crippen LogP contribution in [0, 0.1) is 0 Å². The summed E-state index contributed by atoms with van der Waals surface area (Å²) in [7, 11) is 0. The molecule has 0 spiro atoms. The van der Waals surface area contributed by atoms with Gasteiger partial charge in [-0.2, -0.15) is 0 Å². The molecule has 0 radical (unpaired) electrons. The molecule has 0 aliphatic rings. The van der Waals surface area contributed by atoms with Gasteiger partial charge in [-0.3, -0.25) is 4.79 Å². The topological polar surface area (TPSA) is 29.1 Å². The van der Waals surface area contributed by atoms with E-state index in [1.54, 1.807) is 6.07 Å². The molecule has 0 aromatic heterocycles. The second-order valence-electron chi connectivity index (χ2n) is 6.53. The van der Waals surface area contributed by atoms with Gasteiger partial charge in [-0.25, -0.2) is 0 Å². The van der Waals surface area contributed by atoms with Gasteiger partial charge in [-0.1, -0.05) is 54.6 Å². The molecule has 27 heavy (non-hydrogen) atoms. The van der Waals surface area contributed by atoms with E-state index in [-0.39, 0.29) is 11.8 Å². The fourth-order valence-electron chi connectivity index (χ4n) is 3.19.